The fourth-order valence-corrected chi connectivity index (χ4v) is 1.65. The lowest BCUT2D eigenvalue weighted by atomic mass is 10.1. The quantitative estimate of drug-likeness (QED) is 0.720. The second-order valence-electron chi connectivity index (χ2n) is 3.88. The topological polar surface area (TPSA) is 109 Å². The number of carbonyl (C=O) groups excluding carboxylic acids is 2. The first-order chi connectivity index (χ1) is 8.90. The number of amides is 2. The third kappa shape index (κ3) is 5.09. The van der Waals surface area contributed by atoms with E-state index in [1.165, 1.54) is 0 Å². The van der Waals surface area contributed by atoms with Crippen molar-refractivity contribution in [2.45, 2.75) is 18.9 Å². The summed E-state index contributed by atoms with van der Waals surface area (Å²) >= 11 is 3.23. The van der Waals surface area contributed by atoms with Crippen LogP contribution in [0.4, 0.5) is 0 Å². The molecule has 0 heterocycles. The van der Waals surface area contributed by atoms with Crippen LogP contribution in [-0.2, 0) is 9.59 Å². The summed E-state index contributed by atoms with van der Waals surface area (Å²) in [6, 6.07) is 5.34. The Balaban J connectivity index is 2.68. The van der Waals surface area contributed by atoms with Gasteiger partial charge in [-0.3, -0.25) is 9.59 Å². The first-order valence-electron chi connectivity index (χ1n) is 5.47. The highest BCUT2D eigenvalue weighted by Gasteiger charge is 2.21. The van der Waals surface area contributed by atoms with Gasteiger partial charge in [-0.15, -0.1) is 0 Å². The summed E-state index contributed by atoms with van der Waals surface area (Å²) in [6.45, 7) is 0. The molecule has 0 unspecified atom stereocenters. The summed E-state index contributed by atoms with van der Waals surface area (Å²) in [4.78, 5) is 33.4. The van der Waals surface area contributed by atoms with E-state index in [0.717, 1.165) is 4.47 Å². The highest BCUT2D eigenvalue weighted by atomic mass is 79.9. The van der Waals surface area contributed by atoms with E-state index < -0.39 is 23.8 Å². The summed E-state index contributed by atoms with van der Waals surface area (Å²) in [5.41, 5.74) is 5.29. The van der Waals surface area contributed by atoms with Gasteiger partial charge in [-0.1, -0.05) is 15.9 Å². The standard InChI is InChI=1S/C12H13BrN2O4/c13-8-3-1-7(2-4-8)11(17)15-9(12(18)19)5-6-10(14)16/h1-4,9H,5-6H2,(H2,14,16)(H,15,17)(H,18,19)/t9-/m1/s1. The molecule has 0 saturated heterocycles. The molecule has 7 heteroatoms. The number of hydrogen-bond donors (Lipinski definition) is 3. The third-order valence-corrected chi connectivity index (χ3v) is 2.92. The van der Waals surface area contributed by atoms with Crippen molar-refractivity contribution in [1.82, 2.24) is 5.32 Å². The molecule has 2 amide bonds. The number of halogens is 1. The molecule has 0 aliphatic rings. The summed E-state index contributed by atoms with van der Waals surface area (Å²) in [7, 11) is 0. The predicted molar refractivity (Wildman–Crippen MR) is 71.5 cm³/mol. The van der Waals surface area contributed by atoms with E-state index in [0.29, 0.717) is 5.56 Å². The zero-order valence-corrected chi connectivity index (χ0v) is 11.5. The first-order valence-corrected chi connectivity index (χ1v) is 6.27. The first kappa shape index (κ1) is 15.2. The van der Waals surface area contributed by atoms with E-state index in [4.69, 9.17) is 10.8 Å². The Morgan fingerprint density at radius 3 is 2.32 bits per heavy atom. The van der Waals surface area contributed by atoms with Gasteiger partial charge in [-0.05, 0) is 30.7 Å². The summed E-state index contributed by atoms with van der Waals surface area (Å²) in [5.74, 6) is -2.32. The van der Waals surface area contributed by atoms with E-state index in [1.807, 2.05) is 0 Å². The second-order valence-corrected chi connectivity index (χ2v) is 4.79. The Kier molecular flexibility index (Phi) is 5.50. The maximum Gasteiger partial charge on any atom is 0.326 e. The fourth-order valence-electron chi connectivity index (χ4n) is 1.39. The van der Waals surface area contributed by atoms with Gasteiger partial charge in [0.1, 0.15) is 6.04 Å². The van der Waals surface area contributed by atoms with Crippen LogP contribution in [0.15, 0.2) is 28.7 Å². The average molecular weight is 329 g/mol. The highest BCUT2D eigenvalue weighted by molar-refractivity contribution is 9.10. The van der Waals surface area contributed by atoms with Crippen molar-refractivity contribution in [2.75, 3.05) is 0 Å². The summed E-state index contributed by atoms with van der Waals surface area (Å²) in [6.07, 6.45) is -0.134. The minimum Gasteiger partial charge on any atom is -0.480 e. The number of primary amides is 1. The van der Waals surface area contributed by atoms with Crippen molar-refractivity contribution in [2.24, 2.45) is 5.73 Å². The van der Waals surface area contributed by atoms with E-state index in [-0.39, 0.29) is 12.8 Å². The largest absolute Gasteiger partial charge is 0.480 e. The molecule has 19 heavy (non-hydrogen) atoms. The van der Waals surface area contributed by atoms with Crippen LogP contribution < -0.4 is 11.1 Å². The number of hydrogen-bond acceptors (Lipinski definition) is 3. The molecule has 4 N–H and O–H groups in total. The van der Waals surface area contributed by atoms with Crippen molar-refractivity contribution in [1.29, 1.82) is 0 Å². The number of carboxylic acids is 1. The van der Waals surface area contributed by atoms with Gasteiger partial charge < -0.3 is 16.2 Å². The van der Waals surface area contributed by atoms with Gasteiger partial charge in [0.05, 0.1) is 0 Å². The normalized spacial score (nSPS) is 11.6. The predicted octanol–water partition coefficient (Wildman–Crippen LogP) is 0.898. The second kappa shape index (κ2) is 6.89. The molecule has 1 atom stereocenters. The Hall–Kier alpha value is -1.89. The molecular formula is C12H13BrN2O4. The number of aliphatic carboxylic acids is 1. The molecule has 1 aromatic carbocycles. The van der Waals surface area contributed by atoms with Crippen molar-refractivity contribution in [3.63, 3.8) is 0 Å². The lowest BCUT2D eigenvalue weighted by Crippen LogP contribution is -2.41. The zero-order valence-electron chi connectivity index (χ0n) is 9.93. The molecule has 6 nitrogen and oxygen atoms in total. The Bertz CT molecular complexity index is 487. The van der Waals surface area contributed by atoms with Gasteiger partial charge in [0, 0.05) is 16.5 Å². The van der Waals surface area contributed by atoms with Crippen LogP contribution in [0.3, 0.4) is 0 Å². The van der Waals surface area contributed by atoms with Crippen molar-refractivity contribution in [3.05, 3.63) is 34.3 Å². The number of rotatable bonds is 6. The molecule has 102 valence electrons. The van der Waals surface area contributed by atoms with Crippen LogP contribution in [0, 0.1) is 0 Å². The molecule has 1 rings (SSSR count). The van der Waals surface area contributed by atoms with Gasteiger partial charge in [0.25, 0.3) is 5.91 Å². The van der Waals surface area contributed by atoms with Crippen LogP contribution in [-0.4, -0.2) is 28.9 Å². The summed E-state index contributed by atoms with van der Waals surface area (Å²) in [5, 5.41) is 11.3. The lowest BCUT2D eigenvalue weighted by Gasteiger charge is -2.13. The van der Waals surface area contributed by atoms with E-state index in [2.05, 4.69) is 21.2 Å². The summed E-state index contributed by atoms with van der Waals surface area (Å²) < 4.78 is 0.813. The van der Waals surface area contributed by atoms with Crippen molar-refractivity contribution in [3.8, 4) is 0 Å². The third-order valence-electron chi connectivity index (χ3n) is 2.39. The fraction of sp³-hybridized carbons (Fsp3) is 0.250. The van der Waals surface area contributed by atoms with Gasteiger partial charge in [0.2, 0.25) is 5.91 Å². The van der Waals surface area contributed by atoms with Crippen LogP contribution in [0.5, 0.6) is 0 Å². The van der Waals surface area contributed by atoms with Crippen molar-refractivity contribution < 1.29 is 19.5 Å². The average Bonchev–Trinajstić information content (AvgIpc) is 2.34. The van der Waals surface area contributed by atoms with E-state index in [1.54, 1.807) is 24.3 Å². The number of benzene rings is 1. The Morgan fingerprint density at radius 2 is 1.84 bits per heavy atom. The van der Waals surface area contributed by atoms with Gasteiger partial charge >= 0.3 is 5.97 Å². The molecule has 0 aliphatic heterocycles. The Labute approximate surface area is 118 Å². The molecule has 1 aromatic rings. The van der Waals surface area contributed by atoms with Crippen molar-refractivity contribution >= 4 is 33.7 Å². The molecule has 0 bridgehead atoms. The number of carbonyl (C=O) groups is 3. The van der Waals surface area contributed by atoms with E-state index >= 15 is 0 Å². The minimum atomic E-state index is -1.20. The highest BCUT2D eigenvalue weighted by Crippen LogP contribution is 2.11. The maximum atomic E-state index is 11.8. The molecule has 0 aromatic heterocycles. The minimum absolute atomic E-state index is 0.0348. The van der Waals surface area contributed by atoms with Crippen LogP contribution in [0.25, 0.3) is 0 Å². The molecular weight excluding hydrogens is 316 g/mol. The molecule has 0 spiro atoms. The van der Waals surface area contributed by atoms with Crippen LogP contribution in [0.2, 0.25) is 0 Å². The molecule has 0 fully saturated rings. The number of nitrogens with one attached hydrogen (secondary N) is 1. The number of carboxylic acid groups (broad SMARTS) is 1. The van der Waals surface area contributed by atoms with Crippen LogP contribution >= 0.6 is 15.9 Å². The molecule has 0 saturated carbocycles. The maximum absolute atomic E-state index is 11.8. The SMILES string of the molecule is NC(=O)CC[C@@H](NC(=O)c1ccc(Br)cc1)C(=O)O. The number of nitrogens with two attached hydrogens (primary N) is 1. The van der Waals surface area contributed by atoms with E-state index in [9.17, 15) is 14.4 Å². The molecule has 0 radical (unpaired) electrons. The van der Waals surface area contributed by atoms with Gasteiger partial charge in [0.15, 0.2) is 0 Å². The zero-order chi connectivity index (χ0) is 14.4. The Morgan fingerprint density at radius 1 is 1.26 bits per heavy atom. The smallest absolute Gasteiger partial charge is 0.326 e. The van der Waals surface area contributed by atoms with Crippen LogP contribution in [0.1, 0.15) is 23.2 Å². The molecule has 0 aliphatic carbocycles. The van der Waals surface area contributed by atoms with Gasteiger partial charge in [-0.25, -0.2) is 4.79 Å². The monoisotopic (exact) mass is 328 g/mol. The lowest BCUT2D eigenvalue weighted by molar-refractivity contribution is -0.139. The van der Waals surface area contributed by atoms with Gasteiger partial charge in [-0.2, -0.15) is 0 Å².